The highest BCUT2D eigenvalue weighted by Crippen LogP contribution is 2.38. The van der Waals surface area contributed by atoms with Gasteiger partial charge in [0.2, 0.25) is 0 Å². The number of anilines is 3. The molecule has 9 heteroatoms. The van der Waals surface area contributed by atoms with Crippen molar-refractivity contribution in [2.24, 2.45) is 0 Å². The number of fused-ring (bicyclic) bond motifs is 1. The highest BCUT2D eigenvalue weighted by Gasteiger charge is 2.16. The Kier molecular flexibility index (Phi) is 4.08. The molecule has 0 radical (unpaired) electrons. The highest BCUT2D eigenvalue weighted by molar-refractivity contribution is 14.1. The van der Waals surface area contributed by atoms with Crippen molar-refractivity contribution in [2.75, 3.05) is 11.1 Å². The summed E-state index contributed by atoms with van der Waals surface area (Å²) in [5, 5.41) is 3.78. The van der Waals surface area contributed by atoms with Crippen LogP contribution in [0.3, 0.4) is 0 Å². The lowest BCUT2D eigenvalue weighted by Crippen LogP contribution is -2.00. The number of benzene rings is 2. The SMILES string of the molecule is Nc1cc(I)c(F)cc1Nc1c(Cl)cc(Cl)c2nsnc12. The van der Waals surface area contributed by atoms with E-state index in [1.54, 1.807) is 12.1 Å². The average Bonchev–Trinajstić information content (AvgIpc) is 2.90. The topological polar surface area (TPSA) is 63.8 Å². The molecule has 0 aliphatic heterocycles. The Bertz CT molecular complexity index is 855. The number of nitrogens with one attached hydrogen (secondary N) is 1. The van der Waals surface area contributed by atoms with Gasteiger partial charge >= 0.3 is 0 Å². The molecule has 0 aliphatic carbocycles. The summed E-state index contributed by atoms with van der Waals surface area (Å²) in [6, 6.07) is 4.42. The van der Waals surface area contributed by atoms with Crippen molar-refractivity contribution in [3.63, 3.8) is 0 Å². The van der Waals surface area contributed by atoms with Gasteiger partial charge in [0.05, 0.1) is 42.4 Å². The first kappa shape index (κ1) is 15.0. The lowest BCUT2D eigenvalue weighted by Gasteiger charge is -2.12. The number of nitrogen functional groups attached to an aromatic ring is 1. The summed E-state index contributed by atoms with van der Waals surface area (Å²) in [6.45, 7) is 0. The molecular formula is C12H6Cl2FIN4S. The molecule has 2 aromatic carbocycles. The molecule has 21 heavy (non-hydrogen) atoms. The molecule has 1 heterocycles. The number of nitrogens with zero attached hydrogens (tertiary/aromatic N) is 2. The minimum Gasteiger partial charge on any atom is -0.397 e. The zero-order valence-electron chi connectivity index (χ0n) is 10.1. The van der Waals surface area contributed by atoms with Crippen molar-refractivity contribution in [1.29, 1.82) is 0 Å². The quantitative estimate of drug-likeness (QED) is 0.419. The van der Waals surface area contributed by atoms with Gasteiger partial charge < -0.3 is 11.1 Å². The number of hydrogen-bond donors (Lipinski definition) is 2. The minimum atomic E-state index is -0.370. The van der Waals surface area contributed by atoms with E-state index in [1.165, 1.54) is 6.07 Å². The fourth-order valence-corrected chi connectivity index (χ4v) is 3.45. The third-order valence-corrected chi connectivity index (χ3v) is 4.74. The second-order valence-corrected chi connectivity index (χ2v) is 6.66. The molecule has 0 unspecified atom stereocenters. The first-order chi connectivity index (χ1) is 9.97. The third kappa shape index (κ3) is 2.75. The van der Waals surface area contributed by atoms with Gasteiger partial charge in [-0.25, -0.2) is 4.39 Å². The van der Waals surface area contributed by atoms with Crippen molar-refractivity contribution in [3.8, 4) is 0 Å². The second kappa shape index (κ2) is 5.71. The predicted molar refractivity (Wildman–Crippen MR) is 94.2 cm³/mol. The Morgan fingerprint density at radius 1 is 1.14 bits per heavy atom. The van der Waals surface area contributed by atoms with Crippen LogP contribution in [-0.2, 0) is 0 Å². The van der Waals surface area contributed by atoms with Crippen LogP contribution in [0.15, 0.2) is 18.2 Å². The van der Waals surface area contributed by atoms with Gasteiger partial charge in [-0.1, -0.05) is 23.2 Å². The molecule has 0 amide bonds. The Morgan fingerprint density at radius 2 is 1.86 bits per heavy atom. The van der Waals surface area contributed by atoms with Crippen LogP contribution in [0.25, 0.3) is 11.0 Å². The summed E-state index contributed by atoms with van der Waals surface area (Å²) in [6.07, 6.45) is 0. The summed E-state index contributed by atoms with van der Waals surface area (Å²) < 4.78 is 22.4. The Morgan fingerprint density at radius 3 is 2.62 bits per heavy atom. The van der Waals surface area contributed by atoms with Crippen LogP contribution in [0.4, 0.5) is 21.5 Å². The first-order valence-corrected chi connectivity index (χ1v) is 8.15. The molecule has 0 bridgehead atoms. The monoisotopic (exact) mass is 454 g/mol. The molecule has 3 N–H and O–H groups in total. The minimum absolute atomic E-state index is 0.360. The standard InChI is InChI=1S/C12H6Cl2FIN4S/c13-4-1-5(14)11-12(20-21-19-11)10(4)18-9-2-6(15)7(16)3-8(9)17/h1-3,18H,17H2. The van der Waals surface area contributed by atoms with Gasteiger partial charge in [0.1, 0.15) is 16.9 Å². The maximum absolute atomic E-state index is 13.7. The van der Waals surface area contributed by atoms with Gasteiger partial charge in [-0.2, -0.15) is 8.75 Å². The van der Waals surface area contributed by atoms with E-state index in [9.17, 15) is 4.39 Å². The van der Waals surface area contributed by atoms with Gasteiger partial charge in [-0.15, -0.1) is 0 Å². The van der Waals surface area contributed by atoms with Crippen LogP contribution >= 0.6 is 57.5 Å². The molecule has 0 atom stereocenters. The van der Waals surface area contributed by atoms with Crippen molar-refractivity contribution in [2.45, 2.75) is 0 Å². The molecule has 1 aromatic heterocycles. The smallest absolute Gasteiger partial charge is 0.138 e. The Balaban J connectivity index is 2.14. The van der Waals surface area contributed by atoms with Gasteiger partial charge in [0.25, 0.3) is 0 Å². The van der Waals surface area contributed by atoms with E-state index >= 15 is 0 Å². The average molecular weight is 455 g/mol. The van der Waals surface area contributed by atoms with Gasteiger partial charge in [-0.05, 0) is 34.7 Å². The van der Waals surface area contributed by atoms with Crippen LogP contribution in [0.5, 0.6) is 0 Å². The van der Waals surface area contributed by atoms with Crippen molar-refractivity contribution >= 4 is 85.6 Å². The van der Waals surface area contributed by atoms with E-state index in [-0.39, 0.29) is 5.82 Å². The van der Waals surface area contributed by atoms with E-state index < -0.39 is 0 Å². The highest BCUT2D eigenvalue weighted by atomic mass is 127. The number of nitrogens with two attached hydrogens (primary N) is 1. The predicted octanol–water partition coefficient (Wildman–Crippen LogP) is 5.07. The molecule has 0 fully saturated rings. The Hall–Kier alpha value is -0.900. The molecule has 0 saturated carbocycles. The van der Waals surface area contributed by atoms with Crippen molar-refractivity contribution in [3.05, 3.63) is 37.6 Å². The van der Waals surface area contributed by atoms with E-state index in [1.807, 2.05) is 22.6 Å². The van der Waals surface area contributed by atoms with Gasteiger partial charge in [0.15, 0.2) is 0 Å². The zero-order valence-corrected chi connectivity index (χ0v) is 14.6. The van der Waals surface area contributed by atoms with Crippen molar-refractivity contribution in [1.82, 2.24) is 8.75 Å². The fraction of sp³-hybridized carbons (Fsp3) is 0. The Labute approximate surface area is 146 Å². The van der Waals surface area contributed by atoms with Gasteiger partial charge in [-0.3, -0.25) is 0 Å². The molecule has 3 aromatic rings. The van der Waals surface area contributed by atoms with Crippen LogP contribution in [-0.4, -0.2) is 8.75 Å². The number of halogens is 4. The van der Waals surface area contributed by atoms with Crippen LogP contribution in [0, 0.1) is 9.39 Å². The molecule has 0 saturated heterocycles. The van der Waals surface area contributed by atoms with E-state index in [2.05, 4.69) is 14.1 Å². The maximum atomic E-state index is 13.7. The molecule has 4 nitrogen and oxygen atoms in total. The van der Waals surface area contributed by atoms with Crippen LogP contribution in [0.1, 0.15) is 0 Å². The summed E-state index contributed by atoms with van der Waals surface area (Å²) in [5.41, 5.74) is 8.28. The largest absolute Gasteiger partial charge is 0.397 e. The van der Waals surface area contributed by atoms with E-state index in [0.717, 1.165) is 11.7 Å². The molecule has 0 spiro atoms. The third-order valence-electron chi connectivity index (χ3n) is 2.80. The summed E-state index contributed by atoms with van der Waals surface area (Å²) >= 11 is 15.2. The summed E-state index contributed by atoms with van der Waals surface area (Å²) in [5.74, 6) is -0.370. The normalized spacial score (nSPS) is 11.0. The number of hydrogen-bond acceptors (Lipinski definition) is 5. The molecule has 3 rings (SSSR count). The molecule has 0 aliphatic rings. The van der Waals surface area contributed by atoms with Crippen molar-refractivity contribution < 1.29 is 4.39 Å². The van der Waals surface area contributed by atoms with E-state index in [0.29, 0.717) is 41.7 Å². The van der Waals surface area contributed by atoms with Crippen LogP contribution in [0.2, 0.25) is 10.0 Å². The maximum Gasteiger partial charge on any atom is 0.138 e. The fourth-order valence-electron chi connectivity index (χ4n) is 1.80. The van der Waals surface area contributed by atoms with Crippen LogP contribution < -0.4 is 11.1 Å². The zero-order chi connectivity index (χ0) is 15.1. The molecule has 108 valence electrons. The van der Waals surface area contributed by atoms with E-state index in [4.69, 9.17) is 28.9 Å². The summed E-state index contributed by atoms with van der Waals surface area (Å²) in [7, 11) is 0. The molecular weight excluding hydrogens is 449 g/mol. The number of aromatic nitrogens is 2. The lowest BCUT2D eigenvalue weighted by molar-refractivity contribution is 0.621. The first-order valence-electron chi connectivity index (χ1n) is 5.59. The second-order valence-electron chi connectivity index (χ2n) is 4.16. The van der Waals surface area contributed by atoms with Gasteiger partial charge in [0, 0.05) is 6.07 Å². The number of rotatable bonds is 2. The lowest BCUT2D eigenvalue weighted by atomic mass is 10.2. The summed E-state index contributed by atoms with van der Waals surface area (Å²) in [4.78, 5) is 0.